The second kappa shape index (κ2) is 14.9. The van der Waals surface area contributed by atoms with Crippen molar-refractivity contribution in [1.82, 2.24) is 19.8 Å². The van der Waals surface area contributed by atoms with Gasteiger partial charge < -0.3 is 15.5 Å². The van der Waals surface area contributed by atoms with Crippen LogP contribution >= 0.6 is 0 Å². The van der Waals surface area contributed by atoms with Crippen LogP contribution in [0.5, 0.6) is 0 Å². The van der Waals surface area contributed by atoms with E-state index in [-0.39, 0.29) is 40.2 Å². The molecule has 0 spiro atoms. The minimum absolute atomic E-state index is 0.0177. The number of aliphatic hydroxyl groups excluding tert-OH is 1. The molecule has 0 aliphatic heterocycles. The molecule has 0 aliphatic rings. The van der Waals surface area contributed by atoms with Crippen molar-refractivity contribution in [3.8, 4) is 11.1 Å². The number of unbranched alkanes of at least 4 members (excludes halogenated alkanes) is 1. The van der Waals surface area contributed by atoms with Gasteiger partial charge in [0, 0.05) is 23.7 Å². The minimum Gasteiger partial charge on any atom is -0.479 e. The number of carboxylic acids is 1. The Hall–Kier alpha value is -4.88. The fraction of sp³-hybridized carbons (Fsp3) is 0.273. The summed E-state index contributed by atoms with van der Waals surface area (Å²) in [6.07, 6.45) is 0.353. The molecule has 4 N–H and O–H groups in total. The molecule has 1 aromatic heterocycles. The number of rotatable bonds is 14. The van der Waals surface area contributed by atoms with Crippen LogP contribution in [-0.4, -0.2) is 58.3 Å². The lowest BCUT2D eigenvalue weighted by atomic mass is 10.0. The molecule has 4 aromatic rings. The van der Waals surface area contributed by atoms with Gasteiger partial charge in [-0.15, -0.1) is 0 Å². The highest BCUT2D eigenvalue weighted by atomic mass is 32.2. The quantitative estimate of drug-likeness (QED) is 0.160. The lowest BCUT2D eigenvalue weighted by Gasteiger charge is -2.21. The monoisotopic (exact) mass is 650 g/mol. The molecule has 11 nitrogen and oxygen atoms in total. The number of aryl methyl sites for hydroxylation is 1. The summed E-state index contributed by atoms with van der Waals surface area (Å²) in [4.78, 5) is 36.1. The van der Waals surface area contributed by atoms with E-state index in [4.69, 9.17) is 0 Å². The summed E-state index contributed by atoms with van der Waals surface area (Å²) in [6, 6.07) is 19.4. The number of benzene rings is 3. The zero-order valence-corrected chi connectivity index (χ0v) is 26.1. The maximum absolute atomic E-state index is 15.5. The largest absolute Gasteiger partial charge is 0.479 e. The Bertz CT molecular complexity index is 1830. The van der Waals surface area contributed by atoms with E-state index in [2.05, 4.69) is 10.4 Å². The number of amides is 2. The van der Waals surface area contributed by atoms with Crippen molar-refractivity contribution in [3.63, 3.8) is 0 Å². The van der Waals surface area contributed by atoms with E-state index in [0.29, 0.717) is 12.1 Å². The molecule has 3 aromatic carbocycles. The summed E-state index contributed by atoms with van der Waals surface area (Å²) in [7, 11) is -4.19. The van der Waals surface area contributed by atoms with Gasteiger partial charge in [0.05, 0.1) is 17.5 Å². The number of sulfonamides is 1. The highest BCUT2D eigenvalue weighted by Gasteiger charge is 2.29. The summed E-state index contributed by atoms with van der Waals surface area (Å²) < 4.78 is 44.4. The van der Waals surface area contributed by atoms with Gasteiger partial charge in [0.1, 0.15) is 11.5 Å². The van der Waals surface area contributed by atoms with Crippen LogP contribution < -0.4 is 10.0 Å². The van der Waals surface area contributed by atoms with E-state index in [1.54, 1.807) is 48.5 Å². The summed E-state index contributed by atoms with van der Waals surface area (Å²) in [5.74, 6) is -3.57. The van der Waals surface area contributed by atoms with Gasteiger partial charge >= 0.3 is 5.97 Å². The van der Waals surface area contributed by atoms with Crippen molar-refractivity contribution in [1.29, 1.82) is 0 Å². The van der Waals surface area contributed by atoms with E-state index in [1.807, 2.05) is 11.6 Å². The van der Waals surface area contributed by atoms with Crippen molar-refractivity contribution in [2.75, 3.05) is 0 Å². The van der Waals surface area contributed by atoms with Gasteiger partial charge in [0.25, 0.3) is 15.9 Å². The van der Waals surface area contributed by atoms with Crippen LogP contribution in [0.15, 0.2) is 83.8 Å². The zero-order valence-electron chi connectivity index (χ0n) is 25.3. The maximum atomic E-state index is 15.5. The van der Waals surface area contributed by atoms with E-state index >= 15 is 4.39 Å². The van der Waals surface area contributed by atoms with E-state index < -0.39 is 45.8 Å². The average molecular weight is 651 g/mol. The molecule has 2 amide bonds. The Balaban J connectivity index is 1.61. The topological polar surface area (TPSA) is 168 Å². The Morgan fingerprint density at radius 2 is 1.70 bits per heavy atom. The first-order valence-corrected chi connectivity index (χ1v) is 16.1. The van der Waals surface area contributed by atoms with Crippen LogP contribution in [-0.2, 0) is 39.0 Å². The number of nitrogens with zero attached hydrogens (tertiary/aromatic N) is 2. The average Bonchev–Trinajstić information content (AvgIpc) is 3.42. The van der Waals surface area contributed by atoms with Crippen LogP contribution in [0.25, 0.3) is 11.1 Å². The van der Waals surface area contributed by atoms with Gasteiger partial charge in [-0.25, -0.2) is 22.3 Å². The number of nitrogens with one attached hydrogen (secondary N) is 2. The first kappa shape index (κ1) is 34.0. The molecule has 46 heavy (non-hydrogen) atoms. The number of carbonyl (C=O) groups excluding carboxylic acids is 2. The van der Waals surface area contributed by atoms with E-state index in [1.165, 1.54) is 35.0 Å². The number of aliphatic carboxylic acids is 1. The Kier molecular flexibility index (Phi) is 11.0. The number of aromatic nitrogens is 2. The molecule has 0 fully saturated rings. The second-order valence-corrected chi connectivity index (χ2v) is 12.4. The lowest BCUT2D eigenvalue weighted by molar-refractivity contribution is -0.148. The molecule has 0 saturated heterocycles. The molecule has 1 heterocycles. The molecule has 0 aliphatic carbocycles. The summed E-state index contributed by atoms with van der Waals surface area (Å²) >= 11 is 0. The van der Waals surface area contributed by atoms with Crippen molar-refractivity contribution in [2.24, 2.45) is 0 Å². The molecule has 242 valence electrons. The zero-order chi connectivity index (χ0) is 33.4. The van der Waals surface area contributed by atoms with Crippen LogP contribution in [0.1, 0.15) is 54.0 Å². The molecule has 0 bridgehead atoms. The smallest absolute Gasteiger partial charge is 0.334 e. The molecular weight excluding hydrogens is 615 g/mol. The molecule has 13 heteroatoms. The first-order chi connectivity index (χ1) is 21.9. The third-order valence-corrected chi connectivity index (χ3v) is 8.76. The molecule has 0 radical (unpaired) electrons. The van der Waals surface area contributed by atoms with Gasteiger partial charge in [-0.1, -0.05) is 74.0 Å². The summed E-state index contributed by atoms with van der Waals surface area (Å²) in [5, 5.41) is 26.7. The summed E-state index contributed by atoms with van der Waals surface area (Å²) in [5.41, 5.74) is 2.06. The van der Waals surface area contributed by atoms with Crippen molar-refractivity contribution in [2.45, 2.75) is 63.1 Å². The number of hydrogen-bond donors (Lipinski definition) is 4. The molecular formula is C33H35FN4O7S. The number of aliphatic hydroxyl groups is 1. The van der Waals surface area contributed by atoms with Crippen LogP contribution in [0.2, 0.25) is 0 Å². The third-order valence-electron chi connectivity index (χ3n) is 7.27. The van der Waals surface area contributed by atoms with Gasteiger partial charge in [0.15, 0.2) is 6.10 Å². The van der Waals surface area contributed by atoms with E-state index in [0.717, 1.165) is 25.3 Å². The predicted octanol–water partition coefficient (Wildman–Crippen LogP) is 3.69. The summed E-state index contributed by atoms with van der Waals surface area (Å²) in [6.45, 7) is 3.03. The Morgan fingerprint density at radius 3 is 2.35 bits per heavy atom. The first-order valence-electron chi connectivity index (χ1n) is 14.6. The van der Waals surface area contributed by atoms with Gasteiger partial charge in [0.2, 0.25) is 5.91 Å². The Labute approximate surface area is 266 Å². The van der Waals surface area contributed by atoms with Gasteiger partial charge in [-0.2, -0.15) is 5.10 Å². The molecule has 4 rings (SSSR count). The highest BCUT2D eigenvalue weighted by molar-refractivity contribution is 7.90. The fourth-order valence-electron chi connectivity index (χ4n) is 4.97. The van der Waals surface area contributed by atoms with Crippen molar-refractivity contribution >= 4 is 27.8 Å². The van der Waals surface area contributed by atoms with Gasteiger partial charge in [-0.3, -0.25) is 14.3 Å². The third kappa shape index (κ3) is 8.43. The fourth-order valence-corrected chi connectivity index (χ4v) is 6.20. The normalized spacial score (nSPS) is 12.7. The standard InChI is InChI=1S/C33H35FN4O7S/c1-3-4-12-25-19-29(32(41)35-28(31(40)33(42)43)17-22-10-6-5-7-11-22)36-38(25)20-24-16-15-23(18-27(24)34)26-13-8-9-14-30(26)46(44,45)37-21(2)39/h5-11,13-16,18-19,28,31,40H,3-4,12,17,20H2,1-2H3,(H,35,41)(H,37,39)(H,42,43)/t28-,31-/m1/s1. The maximum Gasteiger partial charge on any atom is 0.334 e. The van der Waals surface area contributed by atoms with Crippen molar-refractivity contribution < 1.29 is 37.4 Å². The van der Waals surface area contributed by atoms with Crippen LogP contribution in [0, 0.1) is 5.82 Å². The van der Waals surface area contributed by atoms with Gasteiger partial charge in [-0.05, 0) is 48.6 Å². The van der Waals surface area contributed by atoms with Crippen LogP contribution in [0.4, 0.5) is 4.39 Å². The molecule has 0 unspecified atom stereocenters. The van der Waals surface area contributed by atoms with E-state index in [9.17, 15) is 33.0 Å². The highest BCUT2D eigenvalue weighted by Crippen LogP contribution is 2.29. The van der Waals surface area contributed by atoms with Crippen molar-refractivity contribution in [3.05, 3.63) is 107 Å². The second-order valence-electron chi connectivity index (χ2n) is 10.8. The molecule has 0 saturated carbocycles. The SMILES string of the molecule is CCCCc1cc(C(=O)N[C@H](Cc2ccccc2)[C@@H](O)C(=O)O)nn1Cc1ccc(-c2ccccc2S(=O)(=O)NC(C)=O)cc1F. The number of carbonyl (C=O) groups is 3. The number of halogens is 1. The predicted molar refractivity (Wildman–Crippen MR) is 168 cm³/mol. The van der Waals surface area contributed by atoms with Crippen LogP contribution in [0.3, 0.4) is 0 Å². The number of carboxylic acid groups (broad SMARTS) is 1. The lowest BCUT2D eigenvalue weighted by Crippen LogP contribution is -2.48. The molecule has 2 atom stereocenters. The Morgan fingerprint density at radius 1 is 1.00 bits per heavy atom. The number of hydrogen-bond acceptors (Lipinski definition) is 7. The minimum atomic E-state index is -4.19.